The van der Waals surface area contributed by atoms with E-state index in [1.54, 1.807) is 23.1 Å². The van der Waals surface area contributed by atoms with Crippen LogP contribution in [0.1, 0.15) is 30.3 Å². The number of para-hydroxylation sites is 1. The number of fused-ring (bicyclic) bond motifs is 1. The van der Waals surface area contributed by atoms with Crippen LogP contribution in [0.15, 0.2) is 53.4 Å². The van der Waals surface area contributed by atoms with E-state index in [9.17, 15) is 4.79 Å². The van der Waals surface area contributed by atoms with Crippen LogP contribution < -0.4 is 0 Å². The Morgan fingerprint density at radius 1 is 1.23 bits per heavy atom. The topological polar surface area (TPSA) is 33.2 Å². The lowest BCUT2D eigenvalue weighted by atomic mass is 10.2. The summed E-state index contributed by atoms with van der Waals surface area (Å²) in [6.45, 7) is 0.830. The van der Waals surface area contributed by atoms with E-state index in [2.05, 4.69) is 6.07 Å². The van der Waals surface area contributed by atoms with Crippen molar-refractivity contribution in [2.24, 2.45) is 0 Å². The molecule has 0 radical (unpaired) electrons. The minimum Gasteiger partial charge on any atom is -0.333 e. The molecule has 0 aliphatic carbocycles. The molecular formula is C20H19ClN2OS2. The van der Waals surface area contributed by atoms with Crippen LogP contribution in [0.4, 0.5) is 0 Å². The van der Waals surface area contributed by atoms with E-state index in [4.69, 9.17) is 16.6 Å². The molecule has 1 aromatic heterocycles. The standard InChI is InChI=1S/C20H19ClN2OS2/c21-14-6-1-3-9-17(14)25-13-11-19(24)23-12-5-8-16(23)20-22-15-7-2-4-10-18(15)26-20/h1-4,6-7,9-10,16H,5,8,11-13H2. The first kappa shape index (κ1) is 17.8. The summed E-state index contributed by atoms with van der Waals surface area (Å²) in [7, 11) is 0. The zero-order valence-electron chi connectivity index (χ0n) is 14.2. The molecule has 6 heteroatoms. The summed E-state index contributed by atoms with van der Waals surface area (Å²) in [6.07, 6.45) is 2.57. The Morgan fingerprint density at radius 3 is 2.88 bits per heavy atom. The van der Waals surface area contributed by atoms with Crippen LogP contribution >= 0.6 is 34.7 Å². The SMILES string of the molecule is O=C(CCSc1ccccc1Cl)N1CCCC1c1nc2ccccc2s1. The highest BCUT2D eigenvalue weighted by Crippen LogP contribution is 2.37. The van der Waals surface area contributed by atoms with Crippen molar-refractivity contribution >= 4 is 50.8 Å². The molecule has 2 heterocycles. The van der Waals surface area contributed by atoms with Crippen molar-refractivity contribution in [3.63, 3.8) is 0 Å². The van der Waals surface area contributed by atoms with Gasteiger partial charge in [0.15, 0.2) is 0 Å². The molecule has 0 bridgehead atoms. The number of amides is 1. The first-order valence-corrected chi connectivity index (χ1v) is 10.9. The van der Waals surface area contributed by atoms with E-state index < -0.39 is 0 Å². The maximum Gasteiger partial charge on any atom is 0.224 e. The second-order valence-corrected chi connectivity index (χ2v) is 8.90. The Kier molecular flexibility index (Phi) is 5.48. The summed E-state index contributed by atoms with van der Waals surface area (Å²) in [5.41, 5.74) is 1.03. The molecule has 1 fully saturated rings. The van der Waals surface area contributed by atoms with E-state index in [0.717, 1.165) is 45.6 Å². The van der Waals surface area contributed by atoms with Gasteiger partial charge in [-0.25, -0.2) is 4.98 Å². The predicted molar refractivity (Wildman–Crippen MR) is 110 cm³/mol. The third-order valence-electron chi connectivity index (χ3n) is 4.58. The van der Waals surface area contributed by atoms with Crippen molar-refractivity contribution in [1.29, 1.82) is 0 Å². The Labute approximate surface area is 166 Å². The summed E-state index contributed by atoms with van der Waals surface area (Å²) in [5, 5.41) is 1.81. The van der Waals surface area contributed by atoms with Gasteiger partial charge in [-0.15, -0.1) is 23.1 Å². The smallest absolute Gasteiger partial charge is 0.224 e. The number of benzene rings is 2. The van der Waals surface area contributed by atoms with E-state index in [-0.39, 0.29) is 11.9 Å². The van der Waals surface area contributed by atoms with Gasteiger partial charge in [0.2, 0.25) is 5.91 Å². The lowest BCUT2D eigenvalue weighted by Crippen LogP contribution is -2.30. The molecule has 1 saturated heterocycles. The Bertz CT molecular complexity index is 894. The quantitative estimate of drug-likeness (QED) is 0.506. The van der Waals surface area contributed by atoms with E-state index in [0.29, 0.717) is 6.42 Å². The first-order chi connectivity index (χ1) is 12.7. The number of halogens is 1. The lowest BCUT2D eigenvalue weighted by molar-refractivity contribution is -0.131. The molecule has 3 aromatic rings. The average molecular weight is 403 g/mol. The van der Waals surface area contributed by atoms with Crippen LogP contribution in [0.25, 0.3) is 10.2 Å². The maximum atomic E-state index is 12.8. The van der Waals surface area contributed by atoms with Crippen LogP contribution in [0.3, 0.4) is 0 Å². The number of carbonyl (C=O) groups is 1. The van der Waals surface area contributed by atoms with Crippen molar-refractivity contribution in [3.05, 3.63) is 58.6 Å². The van der Waals surface area contributed by atoms with Gasteiger partial charge in [-0.05, 0) is 37.1 Å². The zero-order chi connectivity index (χ0) is 17.9. The minimum atomic E-state index is 0.130. The molecule has 1 aliphatic heterocycles. The van der Waals surface area contributed by atoms with E-state index in [1.165, 1.54) is 4.70 Å². The van der Waals surface area contributed by atoms with Crippen LogP contribution in [0, 0.1) is 0 Å². The normalized spacial score (nSPS) is 17.1. The molecule has 134 valence electrons. The Morgan fingerprint density at radius 2 is 2.04 bits per heavy atom. The van der Waals surface area contributed by atoms with Crippen molar-refractivity contribution in [3.8, 4) is 0 Å². The van der Waals surface area contributed by atoms with Crippen molar-refractivity contribution in [2.75, 3.05) is 12.3 Å². The number of likely N-dealkylation sites (tertiary alicyclic amines) is 1. The molecule has 1 unspecified atom stereocenters. The van der Waals surface area contributed by atoms with Crippen molar-refractivity contribution in [2.45, 2.75) is 30.2 Å². The van der Waals surface area contributed by atoms with Gasteiger partial charge >= 0.3 is 0 Å². The van der Waals surface area contributed by atoms with Gasteiger partial charge in [0.25, 0.3) is 0 Å². The van der Waals surface area contributed by atoms with Gasteiger partial charge in [0.05, 0.1) is 21.3 Å². The third kappa shape index (κ3) is 3.75. The number of nitrogens with zero attached hydrogens (tertiary/aromatic N) is 2. The average Bonchev–Trinajstić information content (AvgIpc) is 3.29. The molecule has 1 amide bonds. The molecule has 1 atom stereocenters. The van der Waals surface area contributed by atoms with Crippen molar-refractivity contribution < 1.29 is 4.79 Å². The highest BCUT2D eigenvalue weighted by molar-refractivity contribution is 7.99. The molecule has 26 heavy (non-hydrogen) atoms. The zero-order valence-corrected chi connectivity index (χ0v) is 16.6. The maximum absolute atomic E-state index is 12.8. The number of aromatic nitrogens is 1. The molecule has 1 aliphatic rings. The molecule has 0 saturated carbocycles. The highest BCUT2D eigenvalue weighted by atomic mass is 35.5. The first-order valence-electron chi connectivity index (χ1n) is 8.74. The highest BCUT2D eigenvalue weighted by Gasteiger charge is 2.31. The number of carbonyl (C=O) groups excluding carboxylic acids is 1. The van der Waals surface area contributed by atoms with Gasteiger partial charge in [0.1, 0.15) is 5.01 Å². The fraction of sp³-hybridized carbons (Fsp3) is 0.300. The van der Waals surface area contributed by atoms with E-state index >= 15 is 0 Å². The fourth-order valence-corrected chi connectivity index (χ4v) is 5.60. The van der Waals surface area contributed by atoms with Gasteiger partial charge in [-0.3, -0.25) is 4.79 Å². The van der Waals surface area contributed by atoms with Gasteiger partial charge < -0.3 is 4.90 Å². The number of hydrogen-bond acceptors (Lipinski definition) is 4. The van der Waals surface area contributed by atoms with Gasteiger partial charge in [0, 0.05) is 23.6 Å². The second kappa shape index (κ2) is 7.99. The third-order valence-corrected chi connectivity index (χ3v) is 7.23. The fourth-order valence-electron chi connectivity index (χ4n) is 3.31. The van der Waals surface area contributed by atoms with E-state index in [1.807, 2.05) is 47.4 Å². The Hall–Kier alpha value is -1.56. The number of rotatable bonds is 5. The van der Waals surface area contributed by atoms with Gasteiger partial charge in [-0.1, -0.05) is 35.9 Å². The summed E-state index contributed by atoms with van der Waals surface area (Å²) < 4.78 is 1.19. The van der Waals surface area contributed by atoms with Gasteiger partial charge in [-0.2, -0.15) is 0 Å². The van der Waals surface area contributed by atoms with Crippen LogP contribution in [0.5, 0.6) is 0 Å². The molecule has 3 nitrogen and oxygen atoms in total. The molecule has 4 rings (SSSR count). The van der Waals surface area contributed by atoms with Crippen molar-refractivity contribution in [1.82, 2.24) is 9.88 Å². The number of thiazole rings is 1. The lowest BCUT2D eigenvalue weighted by Gasteiger charge is -2.23. The number of thioether (sulfide) groups is 1. The number of hydrogen-bond donors (Lipinski definition) is 0. The van der Waals surface area contributed by atoms with Crippen LogP contribution in [-0.4, -0.2) is 28.1 Å². The molecule has 0 N–H and O–H groups in total. The van der Waals surface area contributed by atoms with Crippen LogP contribution in [0.2, 0.25) is 5.02 Å². The molecule has 0 spiro atoms. The summed E-state index contributed by atoms with van der Waals surface area (Å²) >= 11 is 9.54. The summed E-state index contributed by atoms with van der Waals surface area (Å²) in [5.74, 6) is 0.956. The summed E-state index contributed by atoms with van der Waals surface area (Å²) in [4.78, 5) is 20.6. The Balaban J connectivity index is 1.41. The molecular weight excluding hydrogens is 384 g/mol. The summed E-state index contributed by atoms with van der Waals surface area (Å²) in [6, 6.07) is 16.1. The molecule has 2 aromatic carbocycles. The minimum absolute atomic E-state index is 0.130. The van der Waals surface area contributed by atoms with Crippen LogP contribution in [-0.2, 0) is 4.79 Å². The predicted octanol–water partition coefficient (Wildman–Crippen LogP) is 5.80. The second-order valence-electron chi connectivity index (χ2n) is 6.29. The largest absolute Gasteiger partial charge is 0.333 e. The monoisotopic (exact) mass is 402 g/mol.